The maximum absolute atomic E-state index is 14.0. The van der Waals surface area contributed by atoms with Crippen LogP contribution in [0, 0.1) is 24.5 Å². The van der Waals surface area contributed by atoms with Gasteiger partial charge in [0.2, 0.25) is 11.8 Å². The Labute approximate surface area is 160 Å². The molecule has 1 saturated heterocycles. The summed E-state index contributed by atoms with van der Waals surface area (Å²) in [5, 5.41) is 7.72. The largest absolute Gasteiger partial charge is 0.408 e. The van der Waals surface area contributed by atoms with Gasteiger partial charge in [-0.25, -0.2) is 13.2 Å². The number of aryl methyl sites for hydroxylation is 1. The monoisotopic (exact) mass is 394 g/mol. The standard InChI is InChI=1S/C19H21F3N4O2/c1-10-23-24-19(28-10)26-8-12(21)5-13(26)9-25(2)18(27)16-7-14(16)15-6-11(20)3-4-17(15)22/h3-4,6,12-14,16H,5,7-9H2,1-2H3/t12-,13-,14?,16?/m0/s1. The van der Waals surface area contributed by atoms with Crippen molar-refractivity contribution in [3.8, 4) is 0 Å². The van der Waals surface area contributed by atoms with Crippen LogP contribution in [-0.2, 0) is 4.79 Å². The van der Waals surface area contributed by atoms with E-state index in [-0.39, 0.29) is 54.9 Å². The first kappa shape index (κ1) is 18.8. The van der Waals surface area contributed by atoms with Crippen molar-refractivity contribution >= 4 is 11.9 Å². The van der Waals surface area contributed by atoms with E-state index in [0.29, 0.717) is 12.3 Å². The van der Waals surface area contributed by atoms with Crippen molar-refractivity contribution in [2.24, 2.45) is 5.92 Å². The number of amides is 1. The highest BCUT2D eigenvalue weighted by Gasteiger charge is 2.47. The van der Waals surface area contributed by atoms with E-state index in [1.165, 1.54) is 4.90 Å². The Morgan fingerprint density at radius 2 is 2.11 bits per heavy atom. The molecular formula is C19H21F3N4O2. The molecule has 0 radical (unpaired) electrons. The van der Waals surface area contributed by atoms with Crippen LogP contribution >= 0.6 is 0 Å². The van der Waals surface area contributed by atoms with Crippen molar-refractivity contribution in [3.05, 3.63) is 41.3 Å². The van der Waals surface area contributed by atoms with Gasteiger partial charge in [0, 0.05) is 32.9 Å². The molecule has 9 heteroatoms. The van der Waals surface area contributed by atoms with Crippen LogP contribution in [0.1, 0.15) is 30.2 Å². The number of anilines is 1. The molecule has 0 spiro atoms. The number of likely N-dealkylation sites (N-methyl/N-ethyl adjacent to an activating group) is 1. The highest BCUT2D eigenvalue weighted by atomic mass is 19.1. The number of hydrogen-bond donors (Lipinski definition) is 0. The molecule has 0 bridgehead atoms. The fourth-order valence-electron chi connectivity index (χ4n) is 3.97. The van der Waals surface area contributed by atoms with E-state index in [0.717, 1.165) is 18.2 Å². The molecule has 150 valence electrons. The second kappa shape index (κ2) is 7.10. The van der Waals surface area contributed by atoms with Gasteiger partial charge >= 0.3 is 6.01 Å². The SMILES string of the molecule is Cc1nnc(N2C[C@@H](F)C[C@H]2CN(C)C(=O)C2CC2c2cc(F)ccc2F)o1. The summed E-state index contributed by atoms with van der Waals surface area (Å²) in [6.45, 7) is 2.08. The van der Waals surface area contributed by atoms with Gasteiger partial charge in [0.1, 0.15) is 17.8 Å². The fraction of sp³-hybridized carbons (Fsp3) is 0.526. The fourth-order valence-corrected chi connectivity index (χ4v) is 3.97. The first-order valence-electron chi connectivity index (χ1n) is 9.24. The van der Waals surface area contributed by atoms with Crippen LogP contribution in [0.5, 0.6) is 0 Å². The minimum atomic E-state index is -1.05. The van der Waals surface area contributed by atoms with E-state index in [1.54, 1.807) is 18.9 Å². The molecule has 1 aliphatic heterocycles. The van der Waals surface area contributed by atoms with Crippen LogP contribution < -0.4 is 4.90 Å². The lowest BCUT2D eigenvalue weighted by Crippen LogP contribution is -2.42. The van der Waals surface area contributed by atoms with Crippen molar-refractivity contribution in [1.29, 1.82) is 0 Å². The molecule has 1 aromatic carbocycles. The average molecular weight is 394 g/mol. The zero-order valence-electron chi connectivity index (χ0n) is 15.6. The molecule has 1 amide bonds. The van der Waals surface area contributed by atoms with Gasteiger partial charge in [-0.3, -0.25) is 4.79 Å². The summed E-state index contributed by atoms with van der Waals surface area (Å²) < 4.78 is 46.8. The Morgan fingerprint density at radius 3 is 2.82 bits per heavy atom. The van der Waals surface area contributed by atoms with Crippen molar-refractivity contribution in [3.63, 3.8) is 0 Å². The zero-order valence-corrected chi connectivity index (χ0v) is 15.6. The van der Waals surface area contributed by atoms with E-state index in [2.05, 4.69) is 10.2 Å². The van der Waals surface area contributed by atoms with Crippen molar-refractivity contribution in [1.82, 2.24) is 15.1 Å². The predicted octanol–water partition coefficient (Wildman–Crippen LogP) is 2.84. The summed E-state index contributed by atoms with van der Waals surface area (Å²) >= 11 is 0. The Morgan fingerprint density at radius 1 is 1.32 bits per heavy atom. The molecule has 2 heterocycles. The third-order valence-corrected chi connectivity index (χ3v) is 5.45. The van der Waals surface area contributed by atoms with Gasteiger partial charge in [0.25, 0.3) is 0 Å². The van der Waals surface area contributed by atoms with Gasteiger partial charge in [-0.2, -0.15) is 0 Å². The van der Waals surface area contributed by atoms with Gasteiger partial charge in [-0.05, 0) is 36.1 Å². The number of benzene rings is 1. The number of carbonyl (C=O) groups excluding carboxylic acids is 1. The summed E-state index contributed by atoms with van der Waals surface area (Å²) in [6.07, 6.45) is -0.311. The van der Waals surface area contributed by atoms with Gasteiger partial charge in [-0.15, -0.1) is 5.10 Å². The second-order valence-corrected chi connectivity index (χ2v) is 7.58. The van der Waals surface area contributed by atoms with E-state index in [9.17, 15) is 18.0 Å². The highest BCUT2D eigenvalue weighted by molar-refractivity contribution is 5.83. The van der Waals surface area contributed by atoms with Crippen LogP contribution in [0.4, 0.5) is 19.2 Å². The number of carbonyl (C=O) groups is 1. The Bertz CT molecular complexity index is 890. The normalized spacial score (nSPS) is 26.5. The summed E-state index contributed by atoms with van der Waals surface area (Å²) in [7, 11) is 1.64. The van der Waals surface area contributed by atoms with Crippen LogP contribution in [-0.4, -0.2) is 53.4 Å². The van der Waals surface area contributed by atoms with Crippen molar-refractivity contribution < 1.29 is 22.4 Å². The smallest absolute Gasteiger partial charge is 0.318 e. The summed E-state index contributed by atoms with van der Waals surface area (Å²) in [6, 6.07) is 3.25. The molecule has 2 aromatic rings. The first-order valence-corrected chi connectivity index (χ1v) is 9.24. The molecule has 0 N–H and O–H groups in total. The van der Waals surface area contributed by atoms with E-state index < -0.39 is 17.8 Å². The van der Waals surface area contributed by atoms with Gasteiger partial charge in [-0.1, -0.05) is 5.10 Å². The highest BCUT2D eigenvalue weighted by Crippen LogP contribution is 2.49. The quantitative estimate of drug-likeness (QED) is 0.781. The number of alkyl halides is 1. The minimum absolute atomic E-state index is 0.134. The summed E-state index contributed by atoms with van der Waals surface area (Å²) in [5.74, 6) is -1.50. The summed E-state index contributed by atoms with van der Waals surface area (Å²) in [4.78, 5) is 16.0. The van der Waals surface area contributed by atoms with Crippen molar-refractivity contribution in [2.45, 2.75) is 37.9 Å². The lowest BCUT2D eigenvalue weighted by atomic mass is 10.1. The molecule has 2 unspecified atom stereocenters. The topological polar surface area (TPSA) is 62.5 Å². The Hall–Kier alpha value is -2.58. The molecule has 1 aromatic heterocycles. The number of halogens is 3. The van der Waals surface area contributed by atoms with Crippen LogP contribution in [0.2, 0.25) is 0 Å². The van der Waals surface area contributed by atoms with Gasteiger partial charge in [0.05, 0.1) is 12.6 Å². The first-order chi connectivity index (χ1) is 13.3. The number of hydrogen-bond acceptors (Lipinski definition) is 5. The molecule has 4 rings (SSSR count). The van der Waals surface area contributed by atoms with Crippen molar-refractivity contribution in [2.75, 3.05) is 25.0 Å². The maximum Gasteiger partial charge on any atom is 0.318 e. The molecule has 6 nitrogen and oxygen atoms in total. The van der Waals surface area contributed by atoms with Gasteiger partial charge in [0.15, 0.2) is 0 Å². The molecule has 2 aliphatic rings. The lowest BCUT2D eigenvalue weighted by Gasteiger charge is -2.27. The van der Waals surface area contributed by atoms with Gasteiger partial charge < -0.3 is 14.2 Å². The molecule has 1 aliphatic carbocycles. The number of aromatic nitrogens is 2. The maximum atomic E-state index is 14.0. The van der Waals surface area contributed by atoms with E-state index in [1.807, 2.05) is 0 Å². The zero-order chi connectivity index (χ0) is 20.0. The molecular weight excluding hydrogens is 373 g/mol. The van der Waals surface area contributed by atoms with E-state index in [4.69, 9.17) is 4.42 Å². The minimum Gasteiger partial charge on any atom is -0.408 e. The third kappa shape index (κ3) is 3.57. The molecule has 1 saturated carbocycles. The Kier molecular flexibility index (Phi) is 4.76. The van der Waals surface area contributed by atoms with Crippen LogP contribution in [0.3, 0.4) is 0 Å². The van der Waals surface area contributed by atoms with Crippen LogP contribution in [0.25, 0.3) is 0 Å². The Balaban J connectivity index is 1.41. The lowest BCUT2D eigenvalue weighted by molar-refractivity contribution is -0.131. The number of nitrogens with zero attached hydrogens (tertiary/aromatic N) is 4. The average Bonchev–Trinajstić information content (AvgIpc) is 3.19. The van der Waals surface area contributed by atoms with Crippen LogP contribution in [0.15, 0.2) is 22.6 Å². The molecule has 2 fully saturated rings. The van der Waals surface area contributed by atoms with E-state index >= 15 is 0 Å². The second-order valence-electron chi connectivity index (χ2n) is 7.58. The summed E-state index contributed by atoms with van der Waals surface area (Å²) in [5.41, 5.74) is 0.236. The predicted molar refractivity (Wildman–Crippen MR) is 94.5 cm³/mol. The number of rotatable bonds is 5. The third-order valence-electron chi connectivity index (χ3n) is 5.45. The molecule has 28 heavy (non-hydrogen) atoms. The molecule has 4 atom stereocenters.